The third kappa shape index (κ3) is 4.41. The van der Waals surface area contributed by atoms with E-state index in [1.165, 1.54) is 12.1 Å². The minimum atomic E-state index is -4.73. The number of pyridine rings is 1. The first kappa shape index (κ1) is 30.2. The normalized spacial score (nSPS) is 28.8. The Bertz CT molecular complexity index is 1870. The summed E-state index contributed by atoms with van der Waals surface area (Å²) < 4.78 is 39.9. The molecule has 3 aromatic rings. The van der Waals surface area contributed by atoms with Crippen molar-refractivity contribution in [3.63, 3.8) is 0 Å². The minimum Gasteiger partial charge on any atom is -0.508 e. The minimum absolute atomic E-state index is 0.00255. The predicted molar refractivity (Wildman–Crippen MR) is 158 cm³/mol. The maximum Gasteiger partial charge on any atom is 0.417 e. The molecule has 0 spiro atoms. The highest BCUT2D eigenvalue weighted by atomic mass is 35.5. The number of hydrogen-bond acceptors (Lipinski definition) is 7. The number of aromatic hydroxyl groups is 1. The van der Waals surface area contributed by atoms with E-state index in [4.69, 9.17) is 23.2 Å². The predicted octanol–water partition coefficient (Wildman–Crippen LogP) is 5.39. The number of benzene rings is 2. The lowest BCUT2D eigenvalue weighted by atomic mass is 9.49. The highest BCUT2D eigenvalue weighted by molar-refractivity contribution is 6.33. The molecule has 3 heterocycles. The van der Waals surface area contributed by atoms with Gasteiger partial charge in [0.1, 0.15) is 5.75 Å². The number of hydrogen-bond donors (Lipinski definition) is 3. The molecule has 236 valence electrons. The third-order valence-corrected chi connectivity index (χ3v) is 10.1. The van der Waals surface area contributed by atoms with Crippen molar-refractivity contribution in [3.8, 4) is 5.75 Å². The van der Waals surface area contributed by atoms with Crippen LogP contribution in [0.4, 0.5) is 19.0 Å². The average Bonchev–Trinajstić information content (AvgIpc) is 3.41. The second kappa shape index (κ2) is 10.6. The van der Waals surface area contributed by atoms with Gasteiger partial charge in [0.25, 0.3) is 11.8 Å². The summed E-state index contributed by atoms with van der Waals surface area (Å²) in [7, 11) is 0. The van der Waals surface area contributed by atoms with Gasteiger partial charge in [-0.25, -0.2) is 4.98 Å². The lowest BCUT2D eigenvalue weighted by molar-refractivity contribution is -0.139. The van der Waals surface area contributed by atoms with E-state index >= 15 is 0 Å². The maximum absolute atomic E-state index is 14.9. The van der Waals surface area contributed by atoms with Crippen molar-refractivity contribution < 1.29 is 37.5 Å². The average molecular weight is 671 g/mol. The first-order valence-corrected chi connectivity index (χ1v) is 15.1. The maximum atomic E-state index is 14.9. The van der Waals surface area contributed by atoms with Crippen molar-refractivity contribution in [2.45, 2.75) is 30.4 Å². The number of carbonyl (C=O) groups is 4. The highest BCUT2D eigenvalue weighted by Crippen LogP contribution is 2.63. The van der Waals surface area contributed by atoms with E-state index in [0.29, 0.717) is 39.0 Å². The number of halogens is 5. The number of allylic oxidation sites excluding steroid dienone is 2. The monoisotopic (exact) mass is 670 g/mol. The molecular formula is C32H23Cl2F3N4O5. The molecule has 4 amide bonds. The van der Waals surface area contributed by atoms with Crippen LogP contribution in [0.15, 0.2) is 72.4 Å². The van der Waals surface area contributed by atoms with Gasteiger partial charge in [0.2, 0.25) is 11.8 Å². The lowest BCUT2D eigenvalue weighted by Crippen LogP contribution is -2.53. The van der Waals surface area contributed by atoms with Gasteiger partial charge in [-0.05, 0) is 60.2 Å². The number of alkyl halides is 3. The van der Waals surface area contributed by atoms with Gasteiger partial charge >= 0.3 is 6.18 Å². The van der Waals surface area contributed by atoms with E-state index < -0.39 is 75.4 Å². The van der Waals surface area contributed by atoms with Gasteiger partial charge in [0.05, 0.1) is 33.8 Å². The Morgan fingerprint density at radius 2 is 1.74 bits per heavy atom. The van der Waals surface area contributed by atoms with Crippen molar-refractivity contribution in [1.82, 2.24) is 15.3 Å². The zero-order valence-electron chi connectivity index (χ0n) is 23.5. The summed E-state index contributed by atoms with van der Waals surface area (Å²) in [6.07, 6.45) is -2.13. The van der Waals surface area contributed by atoms with Crippen LogP contribution in [-0.4, -0.2) is 38.7 Å². The number of phenols is 1. The number of aromatic nitrogens is 1. The van der Waals surface area contributed by atoms with Crippen LogP contribution in [0.3, 0.4) is 0 Å². The van der Waals surface area contributed by atoms with Crippen molar-refractivity contribution in [2.75, 3.05) is 5.43 Å². The molecule has 9 nitrogen and oxygen atoms in total. The van der Waals surface area contributed by atoms with Crippen molar-refractivity contribution in [3.05, 3.63) is 99.2 Å². The summed E-state index contributed by atoms with van der Waals surface area (Å²) in [6.45, 7) is 0. The van der Waals surface area contributed by atoms with Gasteiger partial charge in [-0.3, -0.25) is 29.9 Å². The largest absolute Gasteiger partial charge is 0.508 e. The number of imide groups is 2. The fraction of sp³-hybridized carbons (Fsp3) is 0.281. The molecule has 0 radical (unpaired) electrons. The van der Waals surface area contributed by atoms with Crippen LogP contribution in [0.25, 0.3) is 0 Å². The molecule has 3 fully saturated rings. The van der Waals surface area contributed by atoms with Gasteiger partial charge in [-0.2, -0.15) is 18.2 Å². The van der Waals surface area contributed by atoms with E-state index in [0.717, 1.165) is 0 Å². The first-order chi connectivity index (χ1) is 21.8. The molecule has 7 rings (SSSR count). The second-order valence-corrected chi connectivity index (χ2v) is 12.7. The molecule has 0 bridgehead atoms. The summed E-state index contributed by atoms with van der Waals surface area (Å²) in [6, 6.07) is 13.3. The van der Waals surface area contributed by atoms with Crippen LogP contribution in [-0.2, 0) is 30.8 Å². The number of phenolic OH excluding ortho intramolecular Hbond substituents is 1. The molecule has 4 aliphatic rings. The summed E-state index contributed by atoms with van der Waals surface area (Å²) in [4.78, 5) is 58.9. The van der Waals surface area contributed by atoms with Crippen LogP contribution in [0.2, 0.25) is 10.0 Å². The van der Waals surface area contributed by atoms with E-state index in [-0.39, 0.29) is 24.4 Å². The molecule has 2 aromatic carbocycles. The first-order valence-electron chi connectivity index (χ1n) is 14.3. The summed E-state index contributed by atoms with van der Waals surface area (Å²) in [5, 5.41) is 13.6. The summed E-state index contributed by atoms with van der Waals surface area (Å²) in [5.41, 5.74) is 1.34. The molecule has 2 aliphatic carbocycles. The Balaban J connectivity index is 1.43. The van der Waals surface area contributed by atoms with Gasteiger partial charge in [-0.15, -0.1) is 0 Å². The van der Waals surface area contributed by atoms with Crippen LogP contribution in [0, 0.1) is 23.7 Å². The Hall–Kier alpha value is -4.42. The van der Waals surface area contributed by atoms with Crippen LogP contribution >= 0.6 is 23.2 Å². The molecule has 2 aliphatic heterocycles. The number of nitrogens with zero attached hydrogens (tertiary/aromatic N) is 2. The Labute approximate surface area is 269 Å². The van der Waals surface area contributed by atoms with E-state index in [1.807, 2.05) is 6.08 Å². The molecular weight excluding hydrogens is 648 g/mol. The standard InChI is InChI=1S/C32H23Cl2F3N4O5/c33-17-6-4-15(5-7-17)31-22(29(45)41(30(31)46)40-26-23(34)11-16(13-38-26)32(35,36)37)12-21-19(25(31)14-2-1-3-18(42)10-14)8-9-20-24(21)28(44)39-27(20)43/h1-8,10-11,13,20-22,24-25,42H,9,12H2,(H,38,40)(H,39,43,44)/t20-,21+,22-,24-,25-,31+/m0/s1. The smallest absolute Gasteiger partial charge is 0.417 e. The van der Waals surface area contributed by atoms with E-state index in [2.05, 4.69) is 15.7 Å². The number of amides is 4. The molecule has 3 N–H and O–H groups in total. The molecule has 1 aromatic heterocycles. The van der Waals surface area contributed by atoms with Crippen molar-refractivity contribution in [1.29, 1.82) is 0 Å². The lowest BCUT2D eigenvalue weighted by Gasteiger charge is -2.50. The third-order valence-electron chi connectivity index (χ3n) is 9.60. The second-order valence-electron chi connectivity index (χ2n) is 11.9. The van der Waals surface area contributed by atoms with Crippen LogP contribution in [0.5, 0.6) is 5.75 Å². The van der Waals surface area contributed by atoms with Crippen LogP contribution in [0.1, 0.15) is 35.4 Å². The Morgan fingerprint density at radius 1 is 1.00 bits per heavy atom. The number of anilines is 1. The number of nitrogens with one attached hydrogen (secondary N) is 2. The number of hydrazine groups is 1. The topological polar surface area (TPSA) is 129 Å². The molecule has 2 saturated heterocycles. The fourth-order valence-corrected chi connectivity index (χ4v) is 8.11. The van der Waals surface area contributed by atoms with Crippen molar-refractivity contribution in [2.24, 2.45) is 23.7 Å². The molecule has 0 unspecified atom stereocenters. The van der Waals surface area contributed by atoms with Gasteiger partial charge in [0, 0.05) is 17.1 Å². The fourth-order valence-electron chi connectivity index (χ4n) is 7.77. The SMILES string of the molecule is O=C1NC(=O)[C@H]2CC=C3[C@@H](C[C@H]4C(=O)N(Nc5ncc(C(F)(F)F)cc5Cl)C(=O)[C@@]4(c4ccc(Cl)cc4)[C@H]3c3cccc(O)c3)[C@@H]12. The van der Waals surface area contributed by atoms with E-state index in [9.17, 15) is 37.5 Å². The zero-order valence-corrected chi connectivity index (χ0v) is 25.0. The Morgan fingerprint density at radius 3 is 2.41 bits per heavy atom. The Kier molecular flexibility index (Phi) is 6.94. The van der Waals surface area contributed by atoms with Gasteiger partial charge in [0.15, 0.2) is 5.82 Å². The molecule has 1 saturated carbocycles. The van der Waals surface area contributed by atoms with Crippen molar-refractivity contribution >= 4 is 52.6 Å². The van der Waals surface area contributed by atoms with Gasteiger partial charge < -0.3 is 5.11 Å². The van der Waals surface area contributed by atoms with Gasteiger partial charge in [-0.1, -0.05) is 59.1 Å². The van der Waals surface area contributed by atoms with Crippen LogP contribution < -0.4 is 10.7 Å². The molecule has 6 atom stereocenters. The number of fused-ring (bicyclic) bond motifs is 4. The summed E-state index contributed by atoms with van der Waals surface area (Å²) >= 11 is 12.4. The quantitative estimate of drug-likeness (QED) is 0.251. The zero-order chi connectivity index (χ0) is 32.7. The summed E-state index contributed by atoms with van der Waals surface area (Å²) in [5.74, 6) is -6.89. The molecule has 46 heavy (non-hydrogen) atoms. The molecule has 14 heteroatoms. The highest BCUT2D eigenvalue weighted by Gasteiger charge is 2.70. The number of carbonyl (C=O) groups excluding carboxylic acids is 4. The van der Waals surface area contributed by atoms with E-state index in [1.54, 1.807) is 36.4 Å². The number of rotatable bonds is 4.